The fourth-order valence-corrected chi connectivity index (χ4v) is 3.75. The summed E-state index contributed by atoms with van der Waals surface area (Å²) in [5.74, 6) is 0.623. The van der Waals surface area contributed by atoms with Gasteiger partial charge in [0.2, 0.25) is 0 Å². The lowest BCUT2D eigenvalue weighted by atomic mass is 10.1. The number of hydrogen-bond donors (Lipinski definition) is 1. The first-order valence-electron chi connectivity index (χ1n) is 7.88. The summed E-state index contributed by atoms with van der Waals surface area (Å²) in [6, 6.07) is 9.08. The highest BCUT2D eigenvalue weighted by Crippen LogP contribution is 2.34. The molecule has 0 radical (unpaired) electrons. The molecule has 0 bridgehead atoms. The minimum absolute atomic E-state index is 0.410. The van der Waals surface area contributed by atoms with Crippen LogP contribution in [0.25, 0.3) is 10.1 Å². The number of aryl methyl sites for hydroxylation is 1. The Labute approximate surface area is 132 Å². The molecule has 0 amide bonds. The van der Waals surface area contributed by atoms with Crippen molar-refractivity contribution in [2.24, 2.45) is 5.92 Å². The zero-order valence-corrected chi connectivity index (χ0v) is 14.4. The molecule has 116 valence electrons. The molecule has 0 fully saturated rings. The van der Waals surface area contributed by atoms with Gasteiger partial charge in [0.1, 0.15) is 0 Å². The maximum Gasteiger partial charge on any atom is 0.0489 e. The molecule has 0 saturated carbocycles. The van der Waals surface area contributed by atoms with E-state index < -0.39 is 0 Å². The third kappa shape index (κ3) is 4.53. The quantitative estimate of drug-likeness (QED) is 0.699. The molecule has 2 nitrogen and oxygen atoms in total. The average Bonchev–Trinajstić information content (AvgIpc) is 2.80. The Balaban J connectivity index is 1.82. The van der Waals surface area contributed by atoms with Crippen molar-refractivity contribution in [1.29, 1.82) is 0 Å². The molecule has 2 aromatic rings. The fourth-order valence-electron chi connectivity index (χ4n) is 2.51. The maximum absolute atomic E-state index is 5.62. The summed E-state index contributed by atoms with van der Waals surface area (Å²) in [6.45, 7) is 11.6. The highest BCUT2D eigenvalue weighted by atomic mass is 32.1. The molecule has 1 aromatic heterocycles. The number of ether oxygens (including phenoxy) is 1. The van der Waals surface area contributed by atoms with Gasteiger partial charge >= 0.3 is 0 Å². The molecule has 1 unspecified atom stereocenters. The molecule has 1 heterocycles. The van der Waals surface area contributed by atoms with Gasteiger partial charge in [-0.25, -0.2) is 0 Å². The smallest absolute Gasteiger partial charge is 0.0489 e. The number of rotatable bonds is 8. The summed E-state index contributed by atoms with van der Waals surface area (Å²) in [4.78, 5) is 1.46. The Morgan fingerprint density at radius 1 is 1.19 bits per heavy atom. The van der Waals surface area contributed by atoms with E-state index in [-0.39, 0.29) is 0 Å². The number of nitrogens with one attached hydrogen (secondary N) is 1. The van der Waals surface area contributed by atoms with Gasteiger partial charge in [-0.3, -0.25) is 0 Å². The fraction of sp³-hybridized carbons (Fsp3) is 0.556. The van der Waals surface area contributed by atoms with Gasteiger partial charge in [-0.2, -0.15) is 0 Å². The Morgan fingerprint density at radius 2 is 1.95 bits per heavy atom. The Kier molecular flexibility index (Phi) is 6.22. The molecule has 0 spiro atoms. The van der Waals surface area contributed by atoms with Gasteiger partial charge in [0.25, 0.3) is 0 Å². The minimum atomic E-state index is 0.410. The van der Waals surface area contributed by atoms with Crippen LogP contribution in [0, 0.1) is 12.8 Å². The van der Waals surface area contributed by atoms with Gasteiger partial charge in [-0.1, -0.05) is 32.0 Å². The van der Waals surface area contributed by atoms with E-state index in [9.17, 15) is 0 Å². The molecule has 0 aliphatic carbocycles. The van der Waals surface area contributed by atoms with Crippen LogP contribution in [0.3, 0.4) is 0 Å². The lowest BCUT2D eigenvalue weighted by Crippen LogP contribution is -2.21. The first-order chi connectivity index (χ1) is 10.1. The van der Waals surface area contributed by atoms with E-state index >= 15 is 0 Å². The summed E-state index contributed by atoms with van der Waals surface area (Å²) < 4.78 is 7.00. The van der Waals surface area contributed by atoms with Gasteiger partial charge < -0.3 is 10.1 Å². The van der Waals surface area contributed by atoms with E-state index in [2.05, 4.69) is 57.3 Å². The van der Waals surface area contributed by atoms with Crippen LogP contribution in [0.4, 0.5) is 0 Å². The third-order valence-electron chi connectivity index (χ3n) is 3.64. The van der Waals surface area contributed by atoms with Crippen molar-refractivity contribution in [3.8, 4) is 0 Å². The van der Waals surface area contributed by atoms with Crippen molar-refractivity contribution in [3.63, 3.8) is 0 Å². The van der Waals surface area contributed by atoms with Crippen LogP contribution in [0.5, 0.6) is 0 Å². The molecular formula is C18H27NOS. The molecule has 1 N–H and O–H groups in total. The molecule has 3 heteroatoms. The second-order valence-corrected chi connectivity index (χ2v) is 7.17. The van der Waals surface area contributed by atoms with E-state index in [4.69, 9.17) is 4.74 Å². The molecular weight excluding hydrogens is 278 g/mol. The molecule has 2 rings (SSSR count). The average molecular weight is 305 g/mol. The summed E-state index contributed by atoms with van der Waals surface area (Å²) in [7, 11) is 0. The van der Waals surface area contributed by atoms with Crippen LogP contribution in [0.1, 0.15) is 43.7 Å². The molecule has 21 heavy (non-hydrogen) atoms. The second kappa shape index (κ2) is 7.92. The third-order valence-corrected chi connectivity index (χ3v) is 5.10. The van der Waals surface area contributed by atoms with Crippen molar-refractivity contribution in [2.45, 2.75) is 40.2 Å². The summed E-state index contributed by atoms with van der Waals surface area (Å²) in [5, 5.41) is 5.01. The summed E-state index contributed by atoms with van der Waals surface area (Å²) >= 11 is 1.91. The van der Waals surface area contributed by atoms with Crippen LogP contribution in [-0.4, -0.2) is 19.8 Å². The highest BCUT2D eigenvalue weighted by molar-refractivity contribution is 7.19. The topological polar surface area (TPSA) is 21.3 Å². The second-order valence-electron chi connectivity index (χ2n) is 6.09. The first-order valence-corrected chi connectivity index (χ1v) is 8.70. The van der Waals surface area contributed by atoms with Gasteiger partial charge in [0.15, 0.2) is 0 Å². The molecule has 1 atom stereocenters. The first kappa shape index (κ1) is 16.5. The number of benzene rings is 1. The highest BCUT2D eigenvalue weighted by Gasteiger charge is 2.13. The number of thiophene rings is 1. The van der Waals surface area contributed by atoms with Crippen molar-refractivity contribution in [3.05, 3.63) is 34.7 Å². The zero-order chi connectivity index (χ0) is 15.2. The molecule has 0 aliphatic rings. The Bertz CT molecular complexity index is 561. The van der Waals surface area contributed by atoms with Gasteiger partial charge in [0, 0.05) is 28.8 Å². The zero-order valence-electron chi connectivity index (χ0n) is 13.6. The van der Waals surface area contributed by atoms with E-state index in [0.717, 1.165) is 26.2 Å². The lowest BCUT2D eigenvalue weighted by Gasteiger charge is -2.14. The van der Waals surface area contributed by atoms with Crippen molar-refractivity contribution in [2.75, 3.05) is 19.8 Å². The van der Waals surface area contributed by atoms with Gasteiger partial charge in [-0.05, 0) is 49.7 Å². The summed E-state index contributed by atoms with van der Waals surface area (Å²) in [6.07, 6.45) is 1.07. The molecule has 1 aromatic carbocycles. The number of fused-ring (bicyclic) bond motifs is 1. The number of hydrogen-bond acceptors (Lipinski definition) is 3. The Morgan fingerprint density at radius 3 is 2.67 bits per heavy atom. The summed E-state index contributed by atoms with van der Waals surface area (Å²) in [5.41, 5.74) is 1.42. The van der Waals surface area contributed by atoms with Crippen molar-refractivity contribution < 1.29 is 4.74 Å². The lowest BCUT2D eigenvalue weighted by molar-refractivity contribution is 0.107. The van der Waals surface area contributed by atoms with Crippen LogP contribution in [0.2, 0.25) is 0 Å². The standard InChI is InChI=1S/C18H27NOS/c1-13(2)12-20-11-7-10-19-15(4)18-14(3)16-8-5-6-9-17(16)21-18/h5-6,8-9,13,15,19H,7,10-12H2,1-4H3. The maximum atomic E-state index is 5.62. The minimum Gasteiger partial charge on any atom is -0.381 e. The predicted molar refractivity (Wildman–Crippen MR) is 93.3 cm³/mol. The monoisotopic (exact) mass is 305 g/mol. The van der Waals surface area contributed by atoms with Gasteiger partial charge in [-0.15, -0.1) is 11.3 Å². The van der Waals surface area contributed by atoms with Crippen LogP contribution in [0.15, 0.2) is 24.3 Å². The van der Waals surface area contributed by atoms with Gasteiger partial charge in [0.05, 0.1) is 0 Å². The van der Waals surface area contributed by atoms with Crippen molar-refractivity contribution >= 4 is 21.4 Å². The van der Waals surface area contributed by atoms with E-state index in [1.54, 1.807) is 0 Å². The Hall–Kier alpha value is -0.900. The van der Waals surface area contributed by atoms with E-state index in [1.165, 1.54) is 20.5 Å². The normalized spacial score (nSPS) is 13.2. The SMILES string of the molecule is Cc1c(C(C)NCCCOCC(C)C)sc2ccccc12. The van der Waals surface area contributed by atoms with Crippen LogP contribution < -0.4 is 5.32 Å². The molecule has 0 aliphatic heterocycles. The van der Waals surface area contributed by atoms with E-state index in [0.29, 0.717) is 12.0 Å². The van der Waals surface area contributed by atoms with Crippen LogP contribution >= 0.6 is 11.3 Å². The predicted octanol–water partition coefficient (Wildman–Crippen LogP) is 4.92. The van der Waals surface area contributed by atoms with Crippen LogP contribution in [-0.2, 0) is 4.74 Å². The molecule has 0 saturated heterocycles. The van der Waals surface area contributed by atoms with Crippen molar-refractivity contribution in [1.82, 2.24) is 5.32 Å². The van der Waals surface area contributed by atoms with E-state index in [1.807, 2.05) is 11.3 Å². The largest absolute Gasteiger partial charge is 0.381 e.